The fourth-order valence-corrected chi connectivity index (χ4v) is 4.85. The van der Waals surface area contributed by atoms with Crippen LogP contribution < -0.4 is 0 Å². The molecule has 299 valence electrons. The van der Waals surface area contributed by atoms with E-state index < -0.39 is 10.2 Å². The number of hydrogen-bond donors (Lipinski definition) is 4. The van der Waals surface area contributed by atoms with Crippen LogP contribution in [0.25, 0.3) is 34.2 Å². The fraction of sp³-hybridized carbons (Fsp3) is 0.189. The van der Waals surface area contributed by atoms with Crippen LogP contribution in [0.4, 0.5) is 0 Å². The number of nitrogens with one attached hydrogen (secondary N) is 3. The molecule has 3 heterocycles. The van der Waals surface area contributed by atoms with Crippen molar-refractivity contribution in [2.45, 2.75) is 0 Å². The second kappa shape index (κ2) is 26.8. The molecule has 0 amide bonds. The van der Waals surface area contributed by atoms with Gasteiger partial charge in [-0.05, 0) is 0 Å². The molecule has 6 aromatic rings. The van der Waals surface area contributed by atoms with Crippen LogP contribution in [0, 0.1) is 30.6 Å². The maximum absolute atomic E-state index is 8.25. The molecule has 0 spiro atoms. The maximum atomic E-state index is 8.25. The summed E-state index contributed by atoms with van der Waals surface area (Å²) in [6.45, 7) is 4.25. The predicted octanol–water partition coefficient (Wildman–Crippen LogP) is 4.94. The number of benzene rings is 3. The summed E-state index contributed by atoms with van der Waals surface area (Å²) in [6, 6.07) is 30.2. The Morgan fingerprint density at radius 3 is 1.04 bits per heavy atom. The average Bonchev–Trinajstić information content (AvgIpc) is 4.00. The quantitative estimate of drug-likeness (QED) is 0.0611. The van der Waals surface area contributed by atoms with E-state index in [9.17, 15) is 0 Å². The van der Waals surface area contributed by atoms with Crippen molar-refractivity contribution in [2.75, 3.05) is 46.4 Å². The van der Waals surface area contributed by atoms with E-state index in [1.807, 2.05) is 128 Å². The summed E-state index contributed by atoms with van der Waals surface area (Å²) < 4.78 is 0. The Balaban J connectivity index is 0.000000922. The van der Waals surface area contributed by atoms with Gasteiger partial charge in [0.1, 0.15) is 17.5 Å². The molecular formula is C37H40CoN12O7. The summed E-state index contributed by atoms with van der Waals surface area (Å²) >= 11 is 0. The van der Waals surface area contributed by atoms with Crippen molar-refractivity contribution in [3.63, 3.8) is 0 Å². The van der Waals surface area contributed by atoms with Gasteiger partial charge in [-0.1, -0.05) is 91.0 Å². The minimum atomic E-state index is -1.75. The number of hydrogen-bond acceptors (Lipinski definition) is 14. The van der Waals surface area contributed by atoms with Crippen molar-refractivity contribution in [2.24, 2.45) is 15.0 Å². The normalized spacial score (nSPS) is 10.6. The van der Waals surface area contributed by atoms with Crippen LogP contribution in [0.3, 0.4) is 0 Å². The number of rotatable bonds is 15. The first-order valence-electron chi connectivity index (χ1n) is 16.9. The Bertz CT molecular complexity index is 1850. The molecule has 0 saturated heterocycles. The number of imidazole rings is 3. The minimum Gasteiger partial charge on any atom is -0.400 e. The third kappa shape index (κ3) is 18.3. The molecule has 19 nitrogen and oxygen atoms in total. The first-order chi connectivity index (χ1) is 27.3. The molecular weight excluding hydrogens is 783 g/mol. The van der Waals surface area contributed by atoms with Gasteiger partial charge in [0, 0.05) is 80.7 Å². The zero-order chi connectivity index (χ0) is 40.4. The van der Waals surface area contributed by atoms with Gasteiger partial charge in [0.15, 0.2) is 0 Å². The number of aliphatic hydroxyl groups is 1. The Labute approximate surface area is 337 Å². The molecule has 57 heavy (non-hydrogen) atoms. The fourth-order valence-electron chi connectivity index (χ4n) is 4.85. The SMILES string of the molecule is C(=NCCN(CCN=Cc1c[nH]c(-c2ccccc2)n1)CCN=Cc1c[nH]c(-c2ccccc2)n1)c1c[nH]c(-c2ccccc2)n1.CO.O=[N+]([O-])[O-].O=[N+]([O-])[O-].[Co+2]. The topological polar surface area (TPSA) is 279 Å². The molecule has 0 aliphatic heterocycles. The van der Waals surface area contributed by atoms with Crippen molar-refractivity contribution in [1.29, 1.82) is 0 Å². The first kappa shape index (κ1) is 46.3. The third-order valence-corrected chi connectivity index (χ3v) is 7.24. The number of aliphatic hydroxyl groups excluding tert-OH is 1. The molecule has 1 radical (unpaired) electrons. The third-order valence-electron chi connectivity index (χ3n) is 7.24. The summed E-state index contributed by atoms with van der Waals surface area (Å²) in [4.78, 5) is 56.4. The van der Waals surface area contributed by atoms with Gasteiger partial charge in [0.2, 0.25) is 0 Å². The monoisotopic (exact) mass is 823 g/mol. The Hall–Kier alpha value is -6.87. The molecule has 0 unspecified atom stereocenters. The molecule has 3 aromatic heterocycles. The van der Waals surface area contributed by atoms with E-state index in [2.05, 4.69) is 49.8 Å². The molecule has 6 rings (SSSR count). The van der Waals surface area contributed by atoms with E-state index in [1.165, 1.54) is 0 Å². The zero-order valence-corrected chi connectivity index (χ0v) is 31.7. The summed E-state index contributed by atoms with van der Waals surface area (Å²) in [5, 5.41) is 36.5. The van der Waals surface area contributed by atoms with Gasteiger partial charge in [-0.15, -0.1) is 0 Å². The van der Waals surface area contributed by atoms with Crippen LogP contribution in [0.5, 0.6) is 0 Å². The number of nitrogens with zero attached hydrogens (tertiary/aromatic N) is 9. The van der Waals surface area contributed by atoms with Gasteiger partial charge < -0.3 is 50.7 Å². The maximum Gasteiger partial charge on any atom is 2.00 e. The molecule has 0 bridgehead atoms. The second-order valence-corrected chi connectivity index (χ2v) is 11.0. The summed E-state index contributed by atoms with van der Waals surface area (Å²) in [5.41, 5.74) is 5.57. The van der Waals surface area contributed by atoms with Crippen molar-refractivity contribution in [3.05, 3.63) is 157 Å². The van der Waals surface area contributed by atoms with Gasteiger partial charge in [0.05, 0.1) is 46.9 Å². The number of aromatic amines is 3. The van der Waals surface area contributed by atoms with Crippen LogP contribution in [-0.4, -0.2) is 115 Å². The largest absolute Gasteiger partial charge is 2.00 e. The van der Waals surface area contributed by atoms with Crippen molar-refractivity contribution >= 4 is 18.6 Å². The van der Waals surface area contributed by atoms with Gasteiger partial charge in [-0.2, -0.15) is 0 Å². The molecule has 0 atom stereocenters. The first-order valence-corrected chi connectivity index (χ1v) is 16.9. The van der Waals surface area contributed by atoms with Crippen LogP contribution in [0.2, 0.25) is 0 Å². The molecule has 3 aromatic carbocycles. The van der Waals surface area contributed by atoms with Crippen molar-refractivity contribution < 1.29 is 32.1 Å². The van der Waals surface area contributed by atoms with Crippen LogP contribution in [0.15, 0.2) is 125 Å². The molecule has 0 aliphatic rings. The van der Waals surface area contributed by atoms with Crippen molar-refractivity contribution in [1.82, 2.24) is 34.8 Å². The summed E-state index contributed by atoms with van der Waals surface area (Å²) in [7, 11) is 1.00. The second-order valence-electron chi connectivity index (χ2n) is 11.0. The van der Waals surface area contributed by atoms with Gasteiger partial charge in [-0.3, -0.25) is 19.9 Å². The van der Waals surface area contributed by atoms with E-state index in [0.717, 1.165) is 78.0 Å². The van der Waals surface area contributed by atoms with Gasteiger partial charge in [0.25, 0.3) is 0 Å². The van der Waals surface area contributed by atoms with E-state index >= 15 is 0 Å². The summed E-state index contributed by atoms with van der Waals surface area (Å²) in [5.74, 6) is 2.50. The van der Waals surface area contributed by atoms with Gasteiger partial charge >= 0.3 is 16.8 Å². The smallest absolute Gasteiger partial charge is 0.400 e. The average molecular weight is 824 g/mol. The van der Waals surface area contributed by atoms with Crippen LogP contribution >= 0.6 is 0 Å². The van der Waals surface area contributed by atoms with E-state index in [-0.39, 0.29) is 16.8 Å². The van der Waals surface area contributed by atoms with E-state index in [4.69, 9.17) is 35.7 Å². The number of H-pyrrole nitrogens is 3. The molecule has 20 heteroatoms. The molecule has 0 aliphatic carbocycles. The van der Waals surface area contributed by atoms with E-state index in [0.29, 0.717) is 19.6 Å². The van der Waals surface area contributed by atoms with Gasteiger partial charge in [-0.25, -0.2) is 15.0 Å². The number of aliphatic imine (C=N–C) groups is 3. The Morgan fingerprint density at radius 2 is 0.789 bits per heavy atom. The minimum absolute atomic E-state index is 0. The van der Waals surface area contributed by atoms with Crippen LogP contribution in [-0.2, 0) is 16.8 Å². The molecule has 0 fully saturated rings. The summed E-state index contributed by atoms with van der Waals surface area (Å²) in [6.07, 6.45) is 11.1. The predicted molar refractivity (Wildman–Crippen MR) is 215 cm³/mol. The number of aromatic nitrogens is 6. The zero-order valence-electron chi connectivity index (χ0n) is 30.6. The molecule has 4 N–H and O–H groups in total. The van der Waals surface area contributed by atoms with Crippen LogP contribution in [0.1, 0.15) is 17.1 Å². The Morgan fingerprint density at radius 1 is 0.544 bits per heavy atom. The molecule has 0 saturated carbocycles. The standard InChI is InChI=1S/C36H36N10.CH4O.Co.2NO3/c1-4-10-28(11-5-1)34-40-25-31(43-34)22-37-16-19-46(20-17-38-23-32-26-41-35(44-32)29-12-6-2-7-13-29)21-18-39-24-33-27-42-36(45-33)30-14-8-3-9-15-30;1-2;;2*2-1(3)4/h1-15,22-27H,16-21H2,(H,40,43)(H,41,44)(H,42,45);2H,1H3;;;/q;;+2;2*-1. The van der Waals surface area contributed by atoms with E-state index in [1.54, 1.807) is 0 Å². The van der Waals surface area contributed by atoms with Crippen molar-refractivity contribution in [3.8, 4) is 34.2 Å². The Kier molecular flexibility index (Phi) is 21.8.